The second-order valence-electron chi connectivity index (χ2n) is 9.82. The van der Waals surface area contributed by atoms with Crippen LogP contribution in [0.5, 0.6) is 0 Å². The molecule has 2 amide bonds. The Morgan fingerprint density at radius 2 is 1.89 bits per heavy atom. The Morgan fingerprint density at radius 1 is 1.03 bits per heavy atom. The van der Waals surface area contributed by atoms with E-state index in [2.05, 4.69) is 16.3 Å². The van der Waals surface area contributed by atoms with E-state index in [4.69, 9.17) is 0 Å². The molecule has 8 heteroatoms. The number of rotatable bonds is 4. The molecule has 0 aliphatic carbocycles. The van der Waals surface area contributed by atoms with Gasteiger partial charge in [0.1, 0.15) is 5.82 Å². The van der Waals surface area contributed by atoms with Gasteiger partial charge in [0.15, 0.2) is 5.65 Å². The maximum atomic E-state index is 14.1. The first-order valence-electron chi connectivity index (χ1n) is 12.6. The Bertz CT molecular complexity index is 1380. The maximum absolute atomic E-state index is 14.1. The van der Waals surface area contributed by atoms with Crippen LogP contribution in [0.1, 0.15) is 53.9 Å². The van der Waals surface area contributed by atoms with Crippen molar-refractivity contribution in [1.29, 1.82) is 0 Å². The van der Waals surface area contributed by atoms with E-state index < -0.39 is 0 Å². The molecule has 184 valence electrons. The van der Waals surface area contributed by atoms with Crippen LogP contribution in [0, 0.1) is 12.8 Å². The molecule has 3 unspecified atom stereocenters. The number of benzene rings is 1. The Morgan fingerprint density at radius 3 is 2.69 bits per heavy atom. The molecule has 0 N–H and O–H groups in total. The molecule has 5 heterocycles. The zero-order valence-electron chi connectivity index (χ0n) is 20.3. The van der Waals surface area contributed by atoms with E-state index in [0.29, 0.717) is 19.4 Å². The zero-order chi connectivity index (χ0) is 24.6. The number of thiophene rings is 1. The number of fused-ring (bicyclic) bond motifs is 1. The average Bonchev–Trinajstić information content (AvgIpc) is 3.59. The average molecular weight is 500 g/mol. The third-order valence-electron chi connectivity index (χ3n) is 7.50. The van der Waals surface area contributed by atoms with Gasteiger partial charge in [0.2, 0.25) is 11.8 Å². The number of aryl methyl sites for hydroxylation is 1. The summed E-state index contributed by atoms with van der Waals surface area (Å²) in [6, 6.07) is 17.7. The molecule has 2 fully saturated rings. The minimum Gasteiger partial charge on any atom is -0.342 e. The molecule has 4 aromatic rings. The first kappa shape index (κ1) is 22.9. The van der Waals surface area contributed by atoms with Crippen molar-refractivity contribution in [3.63, 3.8) is 0 Å². The van der Waals surface area contributed by atoms with Crippen LogP contribution < -0.4 is 4.90 Å². The van der Waals surface area contributed by atoms with Gasteiger partial charge in [0, 0.05) is 42.2 Å². The molecular formula is C28H29N5O2S. The molecule has 3 aromatic heterocycles. The van der Waals surface area contributed by atoms with E-state index in [1.54, 1.807) is 11.3 Å². The lowest BCUT2D eigenvalue weighted by Gasteiger charge is -2.43. The summed E-state index contributed by atoms with van der Waals surface area (Å²) < 4.78 is 2.03. The summed E-state index contributed by atoms with van der Waals surface area (Å²) in [5.41, 5.74) is 2.82. The van der Waals surface area contributed by atoms with Gasteiger partial charge >= 0.3 is 0 Å². The SMILES string of the molecule is Cc1ccc(N2C(=O)CCC(C(=O)N3CCCC(c4nnc5ccccn45)C3)C2c2cccs2)cc1. The predicted octanol–water partition coefficient (Wildman–Crippen LogP) is 4.99. The number of anilines is 1. The zero-order valence-corrected chi connectivity index (χ0v) is 21.1. The molecule has 2 saturated heterocycles. The molecule has 36 heavy (non-hydrogen) atoms. The summed E-state index contributed by atoms with van der Waals surface area (Å²) >= 11 is 1.61. The maximum Gasteiger partial charge on any atom is 0.228 e. The number of aromatic nitrogens is 3. The quantitative estimate of drug-likeness (QED) is 0.397. The number of amides is 2. The van der Waals surface area contributed by atoms with Crippen LogP contribution >= 0.6 is 11.3 Å². The molecule has 0 spiro atoms. The molecule has 0 bridgehead atoms. The molecule has 6 rings (SSSR count). The lowest BCUT2D eigenvalue weighted by molar-refractivity contribution is -0.139. The first-order chi connectivity index (χ1) is 17.6. The number of pyridine rings is 1. The van der Waals surface area contributed by atoms with Crippen molar-refractivity contribution >= 4 is 34.5 Å². The highest BCUT2D eigenvalue weighted by molar-refractivity contribution is 7.10. The van der Waals surface area contributed by atoms with E-state index in [1.165, 1.54) is 0 Å². The third-order valence-corrected chi connectivity index (χ3v) is 8.44. The van der Waals surface area contributed by atoms with Crippen LogP contribution in [0.3, 0.4) is 0 Å². The summed E-state index contributed by atoms with van der Waals surface area (Å²) in [5, 5.41) is 10.8. The van der Waals surface area contributed by atoms with Gasteiger partial charge in [-0.05, 0) is 61.9 Å². The van der Waals surface area contributed by atoms with Crippen molar-refractivity contribution in [2.45, 2.75) is 44.6 Å². The second kappa shape index (κ2) is 9.50. The normalized spacial score (nSPS) is 22.8. The highest BCUT2D eigenvalue weighted by Gasteiger charge is 2.44. The van der Waals surface area contributed by atoms with Crippen molar-refractivity contribution < 1.29 is 9.59 Å². The topological polar surface area (TPSA) is 70.8 Å². The van der Waals surface area contributed by atoms with Gasteiger partial charge in [-0.1, -0.05) is 29.8 Å². The standard InChI is InChI=1S/C28H29N5O2S/c1-19-9-11-21(12-10-19)33-25(34)14-13-22(26(33)23-7-5-17-36-23)28(35)31-15-4-6-20(18-31)27-30-29-24-8-2-3-16-32(24)27/h2-3,5,7-12,16-17,20,22,26H,4,6,13-15,18H2,1H3. The minimum atomic E-state index is -0.296. The van der Waals surface area contributed by atoms with E-state index >= 15 is 0 Å². The largest absolute Gasteiger partial charge is 0.342 e. The minimum absolute atomic E-state index is 0.0766. The van der Waals surface area contributed by atoms with Crippen LogP contribution in [-0.4, -0.2) is 44.4 Å². The Kier molecular flexibility index (Phi) is 6.05. The number of hydrogen-bond acceptors (Lipinski definition) is 5. The summed E-state index contributed by atoms with van der Waals surface area (Å²) in [7, 11) is 0. The summed E-state index contributed by atoms with van der Waals surface area (Å²) in [6.07, 6.45) is 4.84. The van der Waals surface area contributed by atoms with Gasteiger partial charge in [0.25, 0.3) is 0 Å². The molecule has 2 aliphatic rings. The Hall–Kier alpha value is -3.52. The first-order valence-corrected chi connectivity index (χ1v) is 13.5. The van der Waals surface area contributed by atoms with Crippen molar-refractivity contribution in [2.75, 3.05) is 18.0 Å². The molecule has 2 aliphatic heterocycles. The highest BCUT2D eigenvalue weighted by Crippen LogP contribution is 2.43. The lowest BCUT2D eigenvalue weighted by atomic mass is 9.85. The van der Waals surface area contributed by atoms with Gasteiger partial charge in [-0.2, -0.15) is 0 Å². The monoisotopic (exact) mass is 499 g/mol. The van der Waals surface area contributed by atoms with Gasteiger partial charge in [-0.3, -0.25) is 14.0 Å². The van der Waals surface area contributed by atoms with Crippen molar-refractivity contribution in [3.8, 4) is 0 Å². The predicted molar refractivity (Wildman–Crippen MR) is 140 cm³/mol. The number of nitrogens with zero attached hydrogens (tertiary/aromatic N) is 5. The van der Waals surface area contributed by atoms with Gasteiger partial charge in [0.05, 0.1) is 12.0 Å². The Labute approximate surface area is 214 Å². The number of likely N-dealkylation sites (tertiary alicyclic amines) is 1. The van der Waals surface area contributed by atoms with Crippen LogP contribution in [0.4, 0.5) is 5.69 Å². The van der Waals surface area contributed by atoms with Crippen LogP contribution in [-0.2, 0) is 9.59 Å². The van der Waals surface area contributed by atoms with Crippen molar-refractivity contribution in [2.24, 2.45) is 5.92 Å². The van der Waals surface area contributed by atoms with E-state index in [-0.39, 0.29) is 29.7 Å². The second-order valence-corrected chi connectivity index (χ2v) is 10.8. The molecule has 3 atom stereocenters. The summed E-state index contributed by atoms with van der Waals surface area (Å²) in [5.74, 6) is 0.984. The number of piperidine rings is 2. The lowest BCUT2D eigenvalue weighted by Crippen LogP contribution is -2.50. The van der Waals surface area contributed by atoms with Crippen molar-refractivity contribution in [1.82, 2.24) is 19.5 Å². The molecular weight excluding hydrogens is 470 g/mol. The van der Waals surface area contributed by atoms with Crippen molar-refractivity contribution in [3.05, 3.63) is 82.4 Å². The molecule has 0 saturated carbocycles. The number of carbonyl (C=O) groups is 2. The van der Waals surface area contributed by atoms with Gasteiger partial charge < -0.3 is 9.80 Å². The fraction of sp³-hybridized carbons (Fsp3) is 0.357. The fourth-order valence-corrected chi connectivity index (χ4v) is 6.59. The van der Waals surface area contributed by atoms with Gasteiger partial charge in [-0.25, -0.2) is 0 Å². The molecule has 0 radical (unpaired) electrons. The highest BCUT2D eigenvalue weighted by atomic mass is 32.1. The summed E-state index contributed by atoms with van der Waals surface area (Å²) in [6.45, 7) is 3.40. The molecule has 1 aromatic carbocycles. The number of hydrogen-bond donors (Lipinski definition) is 0. The smallest absolute Gasteiger partial charge is 0.228 e. The third kappa shape index (κ3) is 4.09. The van der Waals surface area contributed by atoms with Crippen LogP contribution in [0.15, 0.2) is 66.2 Å². The van der Waals surface area contributed by atoms with E-state index in [9.17, 15) is 9.59 Å². The molecule has 7 nitrogen and oxygen atoms in total. The van der Waals surface area contributed by atoms with E-state index in [1.807, 2.05) is 81.2 Å². The van der Waals surface area contributed by atoms with Gasteiger partial charge in [-0.15, -0.1) is 21.5 Å². The van der Waals surface area contributed by atoms with Crippen LogP contribution in [0.25, 0.3) is 5.65 Å². The van der Waals surface area contributed by atoms with Crippen LogP contribution in [0.2, 0.25) is 0 Å². The fourth-order valence-electron chi connectivity index (χ4n) is 5.71. The number of carbonyl (C=O) groups excluding carboxylic acids is 2. The summed E-state index contributed by atoms with van der Waals surface area (Å²) in [4.78, 5) is 32.3. The Balaban J connectivity index is 1.30. The van der Waals surface area contributed by atoms with E-state index in [0.717, 1.165) is 47.0 Å².